The van der Waals surface area contributed by atoms with Gasteiger partial charge in [-0.25, -0.2) is 0 Å². The Balaban J connectivity index is 1.64. The average molecular weight is 363 g/mol. The summed E-state index contributed by atoms with van der Waals surface area (Å²) in [6.45, 7) is 2.53. The molecule has 3 aromatic rings. The summed E-state index contributed by atoms with van der Waals surface area (Å²) >= 11 is 0. The van der Waals surface area contributed by atoms with Crippen molar-refractivity contribution in [3.05, 3.63) is 83.7 Å². The van der Waals surface area contributed by atoms with E-state index in [1.807, 2.05) is 67.7 Å². The molecule has 140 valence electrons. The van der Waals surface area contributed by atoms with E-state index in [0.29, 0.717) is 6.61 Å². The van der Waals surface area contributed by atoms with E-state index in [4.69, 9.17) is 4.74 Å². The first-order valence-electron chi connectivity index (χ1n) is 9.19. The molecule has 0 saturated heterocycles. The molecule has 1 atom stereocenters. The summed E-state index contributed by atoms with van der Waals surface area (Å²) in [7, 11) is 1.89. The molecule has 0 spiro atoms. The summed E-state index contributed by atoms with van der Waals surface area (Å²) in [5.41, 5.74) is 2.98. The van der Waals surface area contributed by atoms with Crippen molar-refractivity contribution in [2.45, 2.75) is 32.4 Å². The van der Waals surface area contributed by atoms with Crippen molar-refractivity contribution in [2.24, 2.45) is 7.05 Å². The highest BCUT2D eigenvalue weighted by Gasteiger charge is 2.17. The van der Waals surface area contributed by atoms with E-state index in [1.165, 1.54) is 0 Å². The molecule has 0 saturated carbocycles. The summed E-state index contributed by atoms with van der Waals surface area (Å²) in [6.07, 6.45) is 2.83. The van der Waals surface area contributed by atoms with Gasteiger partial charge in [-0.05, 0) is 24.1 Å². The SMILES string of the molecule is CCC(NC(=O)Cc1ccccc1OCc1ccccc1)c1ccnn1C. The molecule has 3 rings (SSSR count). The maximum atomic E-state index is 12.6. The molecule has 5 nitrogen and oxygen atoms in total. The van der Waals surface area contributed by atoms with E-state index < -0.39 is 0 Å². The van der Waals surface area contributed by atoms with E-state index in [-0.39, 0.29) is 18.4 Å². The molecule has 1 unspecified atom stereocenters. The molecule has 1 aromatic heterocycles. The fourth-order valence-corrected chi connectivity index (χ4v) is 3.06. The van der Waals surface area contributed by atoms with Gasteiger partial charge in [-0.15, -0.1) is 0 Å². The van der Waals surface area contributed by atoms with Crippen molar-refractivity contribution in [1.29, 1.82) is 0 Å². The van der Waals surface area contributed by atoms with Crippen molar-refractivity contribution in [2.75, 3.05) is 0 Å². The number of nitrogens with one attached hydrogen (secondary N) is 1. The molecule has 1 heterocycles. The number of amides is 1. The Labute approximate surface area is 160 Å². The van der Waals surface area contributed by atoms with Gasteiger partial charge in [0.15, 0.2) is 0 Å². The molecule has 0 bridgehead atoms. The lowest BCUT2D eigenvalue weighted by molar-refractivity contribution is -0.121. The van der Waals surface area contributed by atoms with Gasteiger partial charge in [0, 0.05) is 18.8 Å². The lowest BCUT2D eigenvalue weighted by atomic mass is 10.1. The number of hydrogen-bond acceptors (Lipinski definition) is 3. The lowest BCUT2D eigenvalue weighted by Gasteiger charge is -2.18. The highest BCUT2D eigenvalue weighted by atomic mass is 16.5. The molecule has 0 fully saturated rings. The van der Waals surface area contributed by atoms with Gasteiger partial charge in [0.1, 0.15) is 12.4 Å². The van der Waals surface area contributed by atoms with Crippen LogP contribution in [0.3, 0.4) is 0 Å². The normalized spacial score (nSPS) is 11.8. The zero-order chi connectivity index (χ0) is 19.1. The zero-order valence-electron chi connectivity index (χ0n) is 15.8. The van der Waals surface area contributed by atoms with Gasteiger partial charge in [0.05, 0.1) is 18.2 Å². The van der Waals surface area contributed by atoms with Crippen LogP contribution in [0.2, 0.25) is 0 Å². The third-order valence-corrected chi connectivity index (χ3v) is 4.52. The number of hydrogen-bond donors (Lipinski definition) is 1. The Morgan fingerprint density at radius 2 is 1.85 bits per heavy atom. The van der Waals surface area contributed by atoms with Crippen LogP contribution in [0.25, 0.3) is 0 Å². The van der Waals surface area contributed by atoms with Gasteiger partial charge in [0.25, 0.3) is 0 Å². The second-order valence-electron chi connectivity index (χ2n) is 6.47. The molecule has 1 amide bonds. The lowest BCUT2D eigenvalue weighted by Crippen LogP contribution is -2.30. The fraction of sp³-hybridized carbons (Fsp3) is 0.273. The standard InChI is InChI=1S/C22H25N3O2/c1-3-19(20-13-14-23-25(20)2)24-22(26)15-18-11-7-8-12-21(18)27-16-17-9-5-4-6-10-17/h4-14,19H,3,15-16H2,1-2H3,(H,24,26). The Bertz CT molecular complexity index is 874. The van der Waals surface area contributed by atoms with Crippen molar-refractivity contribution >= 4 is 5.91 Å². The Morgan fingerprint density at radius 3 is 2.56 bits per heavy atom. The number of carbonyl (C=O) groups excluding carboxylic acids is 1. The molecule has 5 heteroatoms. The monoisotopic (exact) mass is 363 g/mol. The summed E-state index contributed by atoms with van der Waals surface area (Å²) in [5.74, 6) is 0.712. The van der Waals surface area contributed by atoms with Crippen molar-refractivity contribution in [3.63, 3.8) is 0 Å². The number of nitrogens with zero attached hydrogens (tertiary/aromatic N) is 2. The maximum absolute atomic E-state index is 12.6. The highest BCUT2D eigenvalue weighted by Crippen LogP contribution is 2.21. The molecular weight excluding hydrogens is 338 g/mol. The minimum absolute atomic E-state index is 0.0289. The maximum Gasteiger partial charge on any atom is 0.225 e. The van der Waals surface area contributed by atoms with Crippen LogP contribution in [0.4, 0.5) is 0 Å². The largest absolute Gasteiger partial charge is 0.489 e. The van der Waals surface area contributed by atoms with Gasteiger partial charge in [-0.3, -0.25) is 9.48 Å². The van der Waals surface area contributed by atoms with Crippen molar-refractivity contribution < 1.29 is 9.53 Å². The molecule has 27 heavy (non-hydrogen) atoms. The molecule has 0 radical (unpaired) electrons. The summed E-state index contributed by atoms with van der Waals surface area (Å²) in [4.78, 5) is 12.6. The van der Waals surface area contributed by atoms with Crippen LogP contribution in [-0.2, 0) is 24.9 Å². The fourth-order valence-electron chi connectivity index (χ4n) is 3.06. The minimum atomic E-state index is -0.0533. The first-order valence-corrected chi connectivity index (χ1v) is 9.19. The topological polar surface area (TPSA) is 56.1 Å². The van der Waals surface area contributed by atoms with Crippen molar-refractivity contribution in [3.8, 4) is 5.75 Å². The molecule has 0 aliphatic rings. The van der Waals surface area contributed by atoms with Gasteiger partial charge in [-0.2, -0.15) is 5.10 Å². The van der Waals surface area contributed by atoms with Gasteiger partial charge < -0.3 is 10.1 Å². The minimum Gasteiger partial charge on any atom is -0.489 e. The van der Waals surface area contributed by atoms with Crippen LogP contribution in [0.5, 0.6) is 5.75 Å². The van der Waals surface area contributed by atoms with Crippen LogP contribution in [0, 0.1) is 0 Å². The van der Waals surface area contributed by atoms with Crippen LogP contribution in [-0.4, -0.2) is 15.7 Å². The number of carbonyl (C=O) groups is 1. The van der Waals surface area contributed by atoms with Crippen LogP contribution < -0.4 is 10.1 Å². The third-order valence-electron chi connectivity index (χ3n) is 4.52. The smallest absolute Gasteiger partial charge is 0.225 e. The quantitative estimate of drug-likeness (QED) is 0.662. The molecule has 0 aliphatic carbocycles. The second kappa shape index (κ2) is 9.03. The first-order chi connectivity index (χ1) is 13.2. The zero-order valence-corrected chi connectivity index (χ0v) is 15.8. The second-order valence-corrected chi connectivity index (χ2v) is 6.47. The number of rotatable bonds is 8. The molecular formula is C22H25N3O2. The van der Waals surface area contributed by atoms with E-state index in [1.54, 1.807) is 10.9 Å². The number of para-hydroxylation sites is 1. The van der Waals surface area contributed by atoms with E-state index in [0.717, 1.165) is 29.0 Å². The summed E-state index contributed by atoms with van der Waals surface area (Å²) in [5, 5.41) is 7.29. The molecule has 2 aromatic carbocycles. The highest BCUT2D eigenvalue weighted by molar-refractivity contribution is 5.79. The summed E-state index contributed by atoms with van der Waals surface area (Å²) < 4.78 is 7.75. The Hall–Kier alpha value is -3.08. The molecule has 1 N–H and O–H groups in total. The number of ether oxygens (including phenoxy) is 1. The van der Waals surface area contributed by atoms with Crippen LogP contribution in [0.15, 0.2) is 66.9 Å². The van der Waals surface area contributed by atoms with Crippen LogP contribution >= 0.6 is 0 Å². The first kappa shape index (κ1) is 18.7. The van der Waals surface area contributed by atoms with Crippen molar-refractivity contribution in [1.82, 2.24) is 15.1 Å². The number of benzene rings is 2. The number of aryl methyl sites for hydroxylation is 1. The van der Waals surface area contributed by atoms with E-state index in [2.05, 4.69) is 17.3 Å². The predicted molar refractivity (Wildman–Crippen MR) is 105 cm³/mol. The van der Waals surface area contributed by atoms with E-state index in [9.17, 15) is 4.79 Å². The van der Waals surface area contributed by atoms with Gasteiger partial charge in [-0.1, -0.05) is 55.5 Å². The Kier molecular flexibility index (Phi) is 6.26. The number of aromatic nitrogens is 2. The van der Waals surface area contributed by atoms with Gasteiger partial charge in [0.2, 0.25) is 5.91 Å². The third kappa shape index (κ3) is 4.97. The average Bonchev–Trinajstić information content (AvgIpc) is 3.12. The molecule has 0 aliphatic heterocycles. The predicted octanol–water partition coefficient (Wildman–Crippen LogP) is 3.81. The Morgan fingerprint density at radius 1 is 1.11 bits per heavy atom. The van der Waals surface area contributed by atoms with Gasteiger partial charge >= 0.3 is 0 Å². The van der Waals surface area contributed by atoms with E-state index >= 15 is 0 Å². The van der Waals surface area contributed by atoms with Crippen LogP contribution in [0.1, 0.15) is 36.2 Å². The summed E-state index contributed by atoms with van der Waals surface area (Å²) in [6, 6.07) is 19.6.